The Morgan fingerprint density at radius 1 is 1.24 bits per heavy atom. The maximum atomic E-state index is 13.4. The Morgan fingerprint density at radius 3 is 2.57 bits per heavy atom. The van der Waals surface area contributed by atoms with Gasteiger partial charge in [-0.3, -0.25) is 4.72 Å². The highest BCUT2D eigenvalue weighted by Crippen LogP contribution is 2.30. The summed E-state index contributed by atoms with van der Waals surface area (Å²) >= 11 is 5.83. The predicted molar refractivity (Wildman–Crippen MR) is 79.6 cm³/mol. The van der Waals surface area contributed by atoms with Gasteiger partial charge in [0.05, 0.1) is 23.4 Å². The first-order valence-corrected chi connectivity index (χ1v) is 7.61. The second-order valence-electron chi connectivity index (χ2n) is 4.13. The van der Waals surface area contributed by atoms with Crippen molar-refractivity contribution in [2.45, 2.75) is 4.90 Å². The molecule has 0 atom stereocenters. The van der Waals surface area contributed by atoms with Gasteiger partial charge < -0.3 is 10.5 Å². The van der Waals surface area contributed by atoms with Crippen molar-refractivity contribution in [1.82, 2.24) is 0 Å². The second-order valence-corrected chi connectivity index (χ2v) is 6.25. The topological polar surface area (TPSA) is 81.4 Å². The predicted octanol–water partition coefficient (Wildman–Crippen LogP) is 2.87. The molecule has 0 radical (unpaired) electrons. The van der Waals surface area contributed by atoms with Gasteiger partial charge >= 0.3 is 0 Å². The molecule has 0 aliphatic carbocycles. The summed E-state index contributed by atoms with van der Waals surface area (Å²) in [6.45, 7) is 0. The number of rotatable bonds is 4. The Balaban J connectivity index is 2.41. The van der Waals surface area contributed by atoms with Crippen LogP contribution in [0.1, 0.15) is 0 Å². The van der Waals surface area contributed by atoms with Crippen molar-refractivity contribution in [2.75, 3.05) is 17.6 Å². The maximum absolute atomic E-state index is 13.4. The highest BCUT2D eigenvalue weighted by atomic mass is 35.5. The fourth-order valence-corrected chi connectivity index (χ4v) is 2.88. The highest BCUT2D eigenvalue weighted by Gasteiger charge is 2.18. The van der Waals surface area contributed by atoms with Crippen LogP contribution in [0.2, 0.25) is 5.02 Å². The molecule has 112 valence electrons. The van der Waals surface area contributed by atoms with Crippen molar-refractivity contribution < 1.29 is 17.5 Å². The van der Waals surface area contributed by atoms with Gasteiger partial charge in [-0.1, -0.05) is 11.6 Å². The summed E-state index contributed by atoms with van der Waals surface area (Å²) in [6, 6.07) is 7.70. The third kappa shape index (κ3) is 3.37. The summed E-state index contributed by atoms with van der Waals surface area (Å²) in [5.74, 6) is -0.519. The van der Waals surface area contributed by atoms with E-state index in [1.807, 2.05) is 0 Å². The zero-order valence-electron chi connectivity index (χ0n) is 10.9. The van der Waals surface area contributed by atoms with Gasteiger partial charge in [0, 0.05) is 5.02 Å². The molecule has 2 aromatic rings. The number of nitrogens with one attached hydrogen (secondary N) is 1. The minimum absolute atomic E-state index is 0.130. The van der Waals surface area contributed by atoms with Gasteiger partial charge in [-0.15, -0.1) is 0 Å². The van der Waals surface area contributed by atoms with E-state index in [9.17, 15) is 12.8 Å². The lowest BCUT2D eigenvalue weighted by molar-refractivity contribution is 0.417. The third-order valence-electron chi connectivity index (χ3n) is 2.69. The van der Waals surface area contributed by atoms with Gasteiger partial charge in [0.1, 0.15) is 11.6 Å². The van der Waals surface area contributed by atoms with Crippen LogP contribution in [-0.2, 0) is 10.0 Å². The first kappa shape index (κ1) is 15.4. The van der Waals surface area contributed by atoms with E-state index in [4.69, 9.17) is 22.1 Å². The Kier molecular flexibility index (Phi) is 4.24. The lowest BCUT2D eigenvalue weighted by Crippen LogP contribution is -2.14. The number of hydrogen-bond acceptors (Lipinski definition) is 4. The van der Waals surface area contributed by atoms with Crippen LogP contribution in [0.4, 0.5) is 15.8 Å². The van der Waals surface area contributed by atoms with Crippen molar-refractivity contribution in [3.8, 4) is 5.75 Å². The number of anilines is 2. The molecular weight excluding hydrogens is 319 g/mol. The number of hydrogen-bond donors (Lipinski definition) is 2. The summed E-state index contributed by atoms with van der Waals surface area (Å²) in [5, 5.41) is 0.331. The van der Waals surface area contributed by atoms with E-state index in [0.717, 1.165) is 6.07 Å². The van der Waals surface area contributed by atoms with Crippen molar-refractivity contribution in [3.63, 3.8) is 0 Å². The van der Waals surface area contributed by atoms with Crippen LogP contribution in [0.15, 0.2) is 41.3 Å². The molecule has 0 fully saturated rings. The average Bonchev–Trinajstić information content (AvgIpc) is 2.41. The first-order chi connectivity index (χ1) is 9.83. The minimum atomic E-state index is -3.99. The van der Waals surface area contributed by atoms with Gasteiger partial charge in [0.25, 0.3) is 10.0 Å². The van der Waals surface area contributed by atoms with Crippen LogP contribution in [-0.4, -0.2) is 15.5 Å². The van der Waals surface area contributed by atoms with E-state index in [2.05, 4.69) is 4.72 Å². The third-order valence-corrected chi connectivity index (χ3v) is 4.29. The van der Waals surface area contributed by atoms with E-state index in [-0.39, 0.29) is 16.3 Å². The van der Waals surface area contributed by atoms with E-state index in [1.54, 1.807) is 6.07 Å². The van der Waals surface area contributed by atoms with E-state index < -0.39 is 15.8 Å². The van der Waals surface area contributed by atoms with E-state index in [0.29, 0.717) is 10.8 Å². The summed E-state index contributed by atoms with van der Waals surface area (Å²) in [5.41, 5.74) is 5.35. The number of nitrogen functional groups attached to an aromatic ring is 1. The summed E-state index contributed by atoms with van der Waals surface area (Å²) < 4.78 is 45.2. The fourth-order valence-electron chi connectivity index (χ4n) is 1.64. The average molecular weight is 331 g/mol. The molecule has 0 aliphatic rings. The number of sulfonamides is 1. The second kappa shape index (κ2) is 5.79. The zero-order chi connectivity index (χ0) is 15.6. The molecule has 2 rings (SSSR count). The number of nitrogens with two attached hydrogens (primary N) is 1. The number of halogens is 2. The van der Waals surface area contributed by atoms with Crippen LogP contribution in [0.3, 0.4) is 0 Å². The molecule has 8 heteroatoms. The molecule has 0 saturated carbocycles. The summed E-state index contributed by atoms with van der Waals surface area (Å²) in [6.07, 6.45) is 0. The Hall–Kier alpha value is -1.99. The Morgan fingerprint density at radius 2 is 1.95 bits per heavy atom. The first-order valence-electron chi connectivity index (χ1n) is 5.75. The van der Waals surface area contributed by atoms with Crippen LogP contribution >= 0.6 is 11.6 Å². The van der Waals surface area contributed by atoms with Crippen molar-refractivity contribution in [1.29, 1.82) is 0 Å². The van der Waals surface area contributed by atoms with E-state index in [1.165, 1.54) is 31.4 Å². The van der Waals surface area contributed by atoms with Gasteiger partial charge in [0.15, 0.2) is 0 Å². The molecule has 5 nitrogen and oxygen atoms in total. The molecule has 0 aromatic heterocycles. The largest absolute Gasteiger partial charge is 0.495 e. The molecule has 3 N–H and O–H groups in total. The van der Waals surface area contributed by atoms with Gasteiger partial charge in [0.2, 0.25) is 0 Å². The van der Waals surface area contributed by atoms with E-state index >= 15 is 0 Å². The molecule has 0 bridgehead atoms. The molecule has 2 aromatic carbocycles. The lowest BCUT2D eigenvalue weighted by atomic mass is 10.3. The minimum Gasteiger partial charge on any atom is -0.495 e. The van der Waals surface area contributed by atoms with Crippen molar-refractivity contribution in [3.05, 3.63) is 47.2 Å². The summed E-state index contributed by atoms with van der Waals surface area (Å²) in [7, 11) is -2.59. The quantitative estimate of drug-likeness (QED) is 0.845. The number of methoxy groups -OCH3 is 1. The Bertz CT molecular complexity index is 781. The SMILES string of the molecule is COc1ccc(Cl)cc1NS(=O)(=O)c1ccc(N)c(F)c1. The number of benzene rings is 2. The maximum Gasteiger partial charge on any atom is 0.262 e. The van der Waals surface area contributed by atoms with Crippen LogP contribution in [0, 0.1) is 5.82 Å². The van der Waals surface area contributed by atoms with Gasteiger partial charge in [-0.05, 0) is 36.4 Å². The molecular formula is C13H12ClFN2O3S. The van der Waals surface area contributed by atoms with Crippen LogP contribution < -0.4 is 15.2 Å². The molecule has 21 heavy (non-hydrogen) atoms. The normalized spacial score (nSPS) is 11.2. The zero-order valence-corrected chi connectivity index (χ0v) is 12.5. The van der Waals surface area contributed by atoms with Gasteiger partial charge in [-0.25, -0.2) is 12.8 Å². The van der Waals surface area contributed by atoms with Gasteiger partial charge in [-0.2, -0.15) is 0 Å². The Labute approximate surface area is 126 Å². The molecule has 0 unspecified atom stereocenters. The molecule has 0 heterocycles. The number of ether oxygens (including phenoxy) is 1. The molecule has 0 amide bonds. The van der Waals surface area contributed by atoms with Crippen molar-refractivity contribution in [2.24, 2.45) is 0 Å². The highest BCUT2D eigenvalue weighted by molar-refractivity contribution is 7.92. The van der Waals surface area contributed by atoms with Crippen LogP contribution in [0.25, 0.3) is 0 Å². The standard InChI is InChI=1S/C13H12ClFN2O3S/c1-20-13-5-2-8(14)6-12(13)17-21(18,19)9-3-4-11(16)10(15)7-9/h2-7,17H,16H2,1H3. The summed E-state index contributed by atoms with van der Waals surface area (Å²) in [4.78, 5) is -0.253. The van der Waals surface area contributed by atoms with Crippen molar-refractivity contribution >= 4 is 33.0 Å². The lowest BCUT2D eigenvalue weighted by Gasteiger charge is -2.12. The molecule has 0 aliphatic heterocycles. The smallest absolute Gasteiger partial charge is 0.262 e. The monoisotopic (exact) mass is 330 g/mol. The fraction of sp³-hybridized carbons (Fsp3) is 0.0769. The molecule has 0 saturated heterocycles. The molecule has 0 spiro atoms. The van der Waals surface area contributed by atoms with Crippen LogP contribution in [0.5, 0.6) is 5.75 Å².